The number of nitrogens with zero attached hydrogens (tertiary/aromatic N) is 7. The second-order valence-corrected chi connectivity index (χ2v) is 9.55. The first-order valence-corrected chi connectivity index (χ1v) is 12.2. The zero-order valence-corrected chi connectivity index (χ0v) is 20.7. The summed E-state index contributed by atoms with van der Waals surface area (Å²) in [4.78, 5) is 32.9. The van der Waals surface area contributed by atoms with E-state index in [1.54, 1.807) is 13.3 Å². The Labute approximate surface area is 204 Å². The number of aromatic nitrogens is 5. The summed E-state index contributed by atoms with van der Waals surface area (Å²) in [7, 11) is 1.54. The van der Waals surface area contributed by atoms with E-state index in [1.807, 2.05) is 11.1 Å². The minimum absolute atomic E-state index is 0.00515. The Hall–Kier alpha value is -3.31. The Morgan fingerprint density at radius 3 is 2.60 bits per heavy atom. The fraction of sp³-hybridized carbons (Fsp3) is 0.542. The lowest BCUT2D eigenvalue weighted by molar-refractivity contribution is -0.136. The summed E-state index contributed by atoms with van der Waals surface area (Å²) in [6.07, 6.45) is 3.64. The summed E-state index contributed by atoms with van der Waals surface area (Å²) in [6, 6.07) is 4.68. The standard InChI is InChI=1S/C24H33N9O2/c1-15-11-31(8-7-25-15)20-6-5-18(9-26-20)22-23-19(29-30-22)10-27-24(28-23)33-16(2)12-32(13-17(33)3)21(34)14-35-4/h5-6,9-10,15-17,25H,7-8,11-14H2,1-4H3,(H,29,30)/t15?,16-,17+. The Bertz CT molecular complexity index is 1170. The molecule has 1 amide bonds. The van der Waals surface area contributed by atoms with Gasteiger partial charge in [-0.2, -0.15) is 5.10 Å². The number of fused-ring (bicyclic) bond motifs is 1. The molecule has 5 rings (SSSR count). The van der Waals surface area contributed by atoms with Crippen molar-refractivity contribution in [2.45, 2.75) is 38.9 Å². The molecule has 0 bridgehead atoms. The zero-order chi connectivity index (χ0) is 24.5. The number of amides is 1. The number of anilines is 2. The molecule has 0 radical (unpaired) electrons. The third-order valence-electron chi connectivity index (χ3n) is 6.77. The third kappa shape index (κ3) is 4.65. The van der Waals surface area contributed by atoms with E-state index >= 15 is 0 Å². The van der Waals surface area contributed by atoms with Crippen molar-refractivity contribution in [3.8, 4) is 11.3 Å². The summed E-state index contributed by atoms with van der Waals surface area (Å²) in [6.45, 7) is 10.5. The number of nitrogens with one attached hydrogen (secondary N) is 2. The number of hydrogen-bond donors (Lipinski definition) is 2. The van der Waals surface area contributed by atoms with Crippen LogP contribution in [0.3, 0.4) is 0 Å². The van der Waals surface area contributed by atoms with Crippen molar-refractivity contribution in [2.24, 2.45) is 0 Å². The molecule has 2 aliphatic heterocycles. The molecule has 3 atom stereocenters. The minimum Gasteiger partial charge on any atom is -0.375 e. The number of methoxy groups -OCH3 is 1. The molecule has 5 heterocycles. The van der Waals surface area contributed by atoms with Crippen molar-refractivity contribution in [1.82, 2.24) is 35.4 Å². The molecule has 0 aliphatic carbocycles. The lowest BCUT2D eigenvalue weighted by Crippen LogP contribution is -2.59. The van der Waals surface area contributed by atoms with Crippen molar-refractivity contribution in [3.63, 3.8) is 0 Å². The van der Waals surface area contributed by atoms with Gasteiger partial charge in [0.2, 0.25) is 11.9 Å². The second-order valence-electron chi connectivity index (χ2n) is 9.55. The van der Waals surface area contributed by atoms with Crippen LogP contribution in [0.15, 0.2) is 24.5 Å². The number of H-pyrrole nitrogens is 1. The van der Waals surface area contributed by atoms with E-state index in [0.29, 0.717) is 25.1 Å². The first kappa shape index (κ1) is 23.4. The number of ether oxygens (including phenoxy) is 1. The maximum absolute atomic E-state index is 12.3. The van der Waals surface area contributed by atoms with Crippen molar-refractivity contribution >= 4 is 28.7 Å². The highest BCUT2D eigenvalue weighted by Crippen LogP contribution is 2.29. The van der Waals surface area contributed by atoms with Crippen LogP contribution in [0.25, 0.3) is 22.3 Å². The smallest absolute Gasteiger partial charge is 0.248 e. The molecule has 1 unspecified atom stereocenters. The van der Waals surface area contributed by atoms with E-state index in [4.69, 9.17) is 14.7 Å². The van der Waals surface area contributed by atoms with E-state index in [-0.39, 0.29) is 24.6 Å². The minimum atomic E-state index is 0.00515. The topological polar surface area (TPSA) is 115 Å². The molecule has 0 saturated carbocycles. The van der Waals surface area contributed by atoms with Gasteiger partial charge in [-0.15, -0.1) is 0 Å². The van der Waals surface area contributed by atoms with Gasteiger partial charge in [-0.1, -0.05) is 0 Å². The van der Waals surface area contributed by atoms with Gasteiger partial charge in [-0.25, -0.2) is 15.0 Å². The van der Waals surface area contributed by atoms with Crippen LogP contribution in [0.2, 0.25) is 0 Å². The van der Waals surface area contributed by atoms with E-state index in [2.05, 4.69) is 63.2 Å². The van der Waals surface area contributed by atoms with Crippen LogP contribution in [-0.4, -0.2) is 101 Å². The molecule has 186 valence electrons. The van der Waals surface area contributed by atoms with Gasteiger partial charge in [0.25, 0.3) is 0 Å². The predicted octanol–water partition coefficient (Wildman–Crippen LogP) is 1.29. The number of carbonyl (C=O) groups excluding carboxylic acids is 1. The third-order valence-corrected chi connectivity index (χ3v) is 6.77. The molecule has 2 N–H and O–H groups in total. The summed E-state index contributed by atoms with van der Waals surface area (Å²) in [5.74, 6) is 1.62. The summed E-state index contributed by atoms with van der Waals surface area (Å²) < 4.78 is 5.03. The van der Waals surface area contributed by atoms with Crippen molar-refractivity contribution in [3.05, 3.63) is 24.5 Å². The van der Waals surface area contributed by atoms with Crippen LogP contribution in [-0.2, 0) is 9.53 Å². The van der Waals surface area contributed by atoms with Crippen LogP contribution in [0.1, 0.15) is 20.8 Å². The lowest BCUT2D eigenvalue weighted by Gasteiger charge is -2.44. The Morgan fingerprint density at radius 1 is 1.11 bits per heavy atom. The molecular weight excluding hydrogens is 446 g/mol. The van der Waals surface area contributed by atoms with Crippen molar-refractivity contribution in [1.29, 1.82) is 0 Å². The summed E-state index contributed by atoms with van der Waals surface area (Å²) in [5, 5.41) is 11.0. The highest BCUT2D eigenvalue weighted by Gasteiger charge is 2.33. The lowest BCUT2D eigenvalue weighted by atomic mass is 10.1. The van der Waals surface area contributed by atoms with Crippen molar-refractivity contribution in [2.75, 3.05) is 56.2 Å². The van der Waals surface area contributed by atoms with Gasteiger partial charge in [0, 0.05) is 69.7 Å². The number of rotatable bonds is 5. The molecule has 3 aromatic heterocycles. The molecule has 0 spiro atoms. The zero-order valence-electron chi connectivity index (χ0n) is 20.7. The maximum Gasteiger partial charge on any atom is 0.248 e. The number of hydrogen-bond acceptors (Lipinski definition) is 9. The van der Waals surface area contributed by atoms with Gasteiger partial charge < -0.3 is 24.8 Å². The highest BCUT2D eigenvalue weighted by atomic mass is 16.5. The average Bonchev–Trinajstić information content (AvgIpc) is 3.27. The highest BCUT2D eigenvalue weighted by molar-refractivity contribution is 5.89. The van der Waals surface area contributed by atoms with Crippen LogP contribution in [0.5, 0.6) is 0 Å². The molecule has 3 aromatic rings. The van der Waals surface area contributed by atoms with Crippen molar-refractivity contribution < 1.29 is 9.53 Å². The maximum atomic E-state index is 12.3. The predicted molar refractivity (Wildman–Crippen MR) is 134 cm³/mol. The summed E-state index contributed by atoms with van der Waals surface area (Å²) >= 11 is 0. The Balaban J connectivity index is 1.39. The quantitative estimate of drug-likeness (QED) is 0.558. The molecule has 2 saturated heterocycles. The van der Waals surface area contributed by atoms with E-state index in [1.165, 1.54) is 0 Å². The monoisotopic (exact) mass is 479 g/mol. The summed E-state index contributed by atoms with van der Waals surface area (Å²) in [5.41, 5.74) is 3.20. The molecule has 0 aromatic carbocycles. The van der Waals surface area contributed by atoms with E-state index in [9.17, 15) is 4.79 Å². The number of aromatic amines is 1. The van der Waals surface area contributed by atoms with E-state index < -0.39 is 0 Å². The Morgan fingerprint density at radius 2 is 1.91 bits per heavy atom. The molecule has 35 heavy (non-hydrogen) atoms. The molecule has 2 fully saturated rings. The SMILES string of the molecule is COCC(=O)N1C[C@@H](C)N(c2ncc3[nH]nc(-c4ccc(N5CCNC(C)C5)nc4)c3n2)[C@@H](C)C1. The molecule has 11 heteroatoms. The van der Waals surface area contributed by atoms with Gasteiger partial charge >= 0.3 is 0 Å². The van der Waals surface area contributed by atoms with Gasteiger partial charge in [0.05, 0.1) is 6.20 Å². The van der Waals surface area contributed by atoms with E-state index in [0.717, 1.165) is 47.7 Å². The first-order valence-electron chi connectivity index (χ1n) is 12.2. The van der Waals surface area contributed by atoms with Crippen LogP contribution in [0.4, 0.5) is 11.8 Å². The number of carbonyl (C=O) groups is 1. The van der Waals surface area contributed by atoms with Crippen LogP contribution in [0, 0.1) is 0 Å². The van der Waals surface area contributed by atoms with Gasteiger partial charge in [0.1, 0.15) is 29.2 Å². The fourth-order valence-electron chi connectivity index (χ4n) is 5.12. The van der Waals surface area contributed by atoms with Gasteiger partial charge in [-0.3, -0.25) is 9.89 Å². The van der Waals surface area contributed by atoms with Gasteiger partial charge in [-0.05, 0) is 32.9 Å². The molecule has 2 aliphatic rings. The first-order chi connectivity index (χ1) is 16.9. The number of pyridine rings is 1. The van der Waals surface area contributed by atoms with Gasteiger partial charge in [0.15, 0.2) is 0 Å². The molecule has 11 nitrogen and oxygen atoms in total. The second kappa shape index (κ2) is 9.74. The Kier molecular flexibility index (Phi) is 6.52. The van der Waals surface area contributed by atoms with Crippen LogP contribution < -0.4 is 15.1 Å². The average molecular weight is 480 g/mol. The largest absolute Gasteiger partial charge is 0.375 e. The molecular formula is C24H33N9O2. The number of piperazine rings is 2. The van der Waals surface area contributed by atoms with Crippen LogP contribution >= 0.6 is 0 Å². The fourth-order valence-corrected chi connectivity index (χ4v) is 5.12. The normalized spacial score (nSPS) is 23.2.